The molecular weight excluding hydrogens is 305 g/mol. The quantitative estimate of drug-likeness (QED) is 0.546. The molecule has 0 spiro atoms. The van der Waals surface area contributed by atoms with Crippen molar-refractivity contribution in [2.24, 2.45) is 0 Å². The number of rotatable bonds is 8. The first-order chi connectivity index (χ1) is 11.2. The van der Waals surface area contributed by atoms with Crippen molar-refractivity contribution in [1.82, 2.24) is 0 Å². The largest absolute Gasteiger partial charge is 0.467 e. The fourth-order valence-corrected chi connectivity index (χ4v) is 3.97. The van der Waals surface area contributed by atoms with E-state index in [0.717, 1.165) is 18.8 Å². The lowest BCUT2D eigenvalue weighted by Crippen LogP contribution is -2.27. The van der Waals surface area contributed by atoms with Gasteiger partial charge in [-0.3, -0.25) is 0 Å². The maximum Gasteiger partial charge on any atom is 0.188 e. The fourth-order valence-electron chi connectivity index (χ4n) is 2.60. The summed E-state index contributed by atoms with van der Waals surface area (Å²) < 4.78 is 10.8. The van der Waals surface area contributed by atoms with E-state index in [1.165, 1.54) is 21.9 Å². The van der Waals surface area contributed by atoms with Crippen molar-refractivity contribution in [2.75, 3.05) is 31.9 Å². The number of benzene rings is 2. The first-order valence-corrected chi connectivity index (χ1v) is 9.03. The number of ether oxygens (including phenoxy) is 2. The number of anilines is 1. The Balaban J connectivity index is 2.37. The molecule has 0 aromatic heterocycles. The van der Waals surface area contributed by atoms with Gasteiger partial charge < -0.3 is 14.4 Å². The number of nitrogens with zero attached hydrogens (tertiary/aromatic N) is 1. The molecule has 1 atom stereocenters. The van der Waals surface area contributed by atoms with Gasteiger partial charge in [-0.15, -0.1) is 0 Å². The highest BCUT2D eigenvalue weighted by Crippen LogP contribution is 2.26. The molecule has 0 aliphatic carbocycles. The second kappa shape index (κ2) is 8.90. The van der Waals surface area contributed by atoms with Gasteiger partial charge in [0.2, 0.25) is 0 Å². The van der Waals surface area contributed by atoms with E-state index in [1.807, 2.05) is 12.1 Å². The first-order valence-electron chi connectivity index (χ1n) is 8.03. The third kappa shape index (κ3) is 4.46. The van der Waals surface area contributed by atoms with Gasteiger partial charge in [0.1, 0.15) is 5.75 Å². The van der Waals surface area contributed by atoms with E-state index in [0.29, 0.717) is 8.58 Å². The molecule has 0 saturated carbocycles. The van der Waals surface area contributed by atoms with Gasteiger partial charge in [0.25, 0.3) is 0 Å². The average Bonchev–Trinajstić information content (AvgIpc) is 2.58. The molecule has 0 N–H and O–H groups in total. The Kier molecular flexibility index (Phi) is 6.88. The van der Waals surface area contributed by atoms with Crippen LogP contribution < -0.4 is 20.2 Å². The number of para-hydroxylation sites is 1. The maximum absolute atomic E-state index is 5.72. The summed E-state index contributed by atoms with van der Waals surface area (Å²) in [6.45, 7) is 8.90. The zero-order valence-electron chi connectivity index (χ0n) is 14.4. The van der Waals surface area contributed by atoms with Gasteiger partial charge in [-0.05, 0) is 38.5 Å². The number of aryl methyl sites for hydroxylation is 1. The highest BCUT2D eigenvalue weighted by Gasteiger charge is 2.13. The summed E-state index contributed by atoms with van der Waals surface area (Å²) in [6.07, 6.45) is 0. The Bertz CT molecular complexity index is 627. The third-order valence-corrected chi connectivity index (χ3v) is 5.42. The smallest absolute Gasteiger partial charge is 0.188 e. The van der Waals surface area contributed by atoms with Gasteiger partial charge in [0.15, 0.2) is 6.79 Å². The second-order valence-electron chi connectivity index (χ2n) is 5.31. The van der Waals surface area contributed by atoms with Crippen molar-refractivity contribution in [3.05, 3.63) is 48.0 Å². The summed E-state index contributed by atoms with van der Waals surface area (Å²) in [5, 5.41) is 2.61. The van der Waals surface area contributed by atoms with Gasteiger partial charge in [0.05, 0.1) is 0 Å². The minimum atomic E-state index is 0.276. The second-order valence-corrected chi connectivity index (χ2v) is 6.60. The Morgan fingerprint density at radius 2 is 1.74 bits per heavy atom. The zero-order chi connectivity index (χ0) is 16.7. The van der Waals surface area contributed by atoms with Crippen molar-refractivity contribution in [3.63, 3.8) is 0 Å². The molecule has 0 bridgehead atoms. The first kappa shape index (κ1) is 17.8. The van der Waals surface area contributed by atoms with Crippen LogP contribution in [0.5, 0.6) is 5.75 Å². The molecular formula is C19H26NO2P. The predicted octanol–water partition coefficient (Wildman–Crippen LogP) is 3.45. The number of hydrogen-bond donors (Lipinski definition) is 0. The molecule has 3 nitrogen and oxygen atoms in total. The average molecular weight is 331 g/mol. The van der Waals surface area contributed by atoms with E-state index in [9.17, 15) is 0 Å². The standard InChI is InChI=1S/C19H26NO2P/c1-5-20(6-2)16-11-9-10-15(3)19(16)23-18-13-8-7-12-17(18)22-14-21-4/h7-13,23H,5-6,14H2,1-4H3. The van der Waals surface area contributed by atoms with Crippen LogP contribution in [0.15, 0.2) is 42.5 Å². The van der Waals surface area contributed by atoms with Crippen molar-refractivity contribution in [1.29, 1.82) is 0 Å². The Hall–Kier alpha value is -1.57. The van der Waals surface area contributed by atoms with Crippen molar-refractivity contribution < 1.29 is 9.47 Å². The Morgan fingerprint density at radius 3 is 2.43 bits per heavy atom. The molecule has 4 heteroatoms. The number of hydrogen-bond acceptors (Lipinski definition) is 3. The normalized spacial score (nSPS) is 11.1. The predicted molar refractivity (Wildman–Crippen MR) is 101 cm³/mol. The van der Waals surface area contributed by atoms with Crippen LogP contribution in [0.3, 0.4) is 0 Å². The fraction of sp³-hybridized carbons (Fsp3) is 0.368. The molecule has 2 aromatic carbocycles. The van der Waals surface area contributed by atoms with Crippen LogP contribution in [0, 0.1) is 6.92 Å². The molecule has 23 heavy (non-hydrogen) atoms. The van der Waals surface area contributed by atoms with Crippen molar-refractivity contribution in [2.45, 2.75) is 20.8 Å². The molecule has 1 unspecified atom stereocenters. The summed E-state index contributed by atoms with van der Waals surface area (Å²) >= 11 is 0. The summed E-state index contributed by atoms with van der Waals surface area (Å²) in [7, 11) is 2.20. The molecule has 2 aromatic rings. The molecule has 124 valence electrons. The van der Waals surface area contributed by atoms with Gasteiger partial charge in [-0.2, -0.15) is 0 Å². The summed E-state index contributed by atoms with van der Waals surface area (Å²) in [4.78, 5) is 2.41. The van der Waals surface area contributed by atoms with E-state index in [1.54, 1.807) is 7.11 Å². The maximum atomic E-state index is 5.72. The van der Waals surface area contributed by atoms with E-state index in [4.69, 9.17) is 9.47 Å². The molecule has 0 radical (unpaired) electrons. The van der Waals surface area contributed by atoms with Crippen molar-refractivity contribution in [3.8, 4) is 5.75 Å². The van der Waals surface area contributed by atoms with E-state index in [-0.39, 0.29) is 6.79 Å². The summed E-state index contributed by atoms with van der Waals surface area (Å²) in [5.41, 5.74) is 2.66. The van der Waals surface area contributed by atoms with Crippen molar-refractivity contribution >= 4 is 24.9 Å². The van der Waals surface area contributed by atoms with E-state index >= 15 is 0 Å². The third-order valence-electron chi connectivity index (χ3n) is 3.83. The lowest BCUT2D eigenvalue weighted by Gasteiger charge is -2.25. The number of methoxy groups -OCH3 is 1. The minimum Gasteiger partial charge on any atom is -0.467 e. The van der Waals surface area contributed by atoms with Gasteiger partial charge >= 0.3 is 0 Å². The lowest BCUT2D eigenvalue weighted by atomic mass is 10.2. The molecule has 2 rings (SSSR count). The minimum absolute atomic E-state index is 0.276. The summed E-state index contributed by atoms with van der Waals surface area (Å²) in [5.74, 6) is 0.904. The highest BCUT2D eigenvalue weighted by atomic mass is 31.1. The summed E-state index contributed by atoms with van der Waals surface area (Å²) in [6, 6.07) is 14.8. The van der Waals surface area contributed by atoms with Crippen LogP contribution in [0.25, 0.3) is 0 Å². The van der Waals surface area contributed by atoms with E-state index in [2.05, 4.69) is 56.0 Å². The molecule has 0 aliphatic rings. The van der Waals surface area contributed by atoms with Gasteiger partial charge in [0, 0.05) is 36.5 Å². The van der Waals surface area contributed by atoms with Crippen LogP contribution >= 0.6 is 8.58 Å². The lowest BCUT2D eigenvalue weighted by molar-refractivity contribution is 0.0519. The van der Waals surface area contributed by atoms with Gasteiger partial charge in [-0.25, -0.2) is 0 Å². The van der Waals surface area contributed by atoms with Gasteiger partial charge in [-0.1, -0.05) is 38.9 Å². The Labute approximate surface area is 141 Å². The molecule has 0 fully saturated rings. The van der Waals surface area contributed by atoms with Crippen LogP contribution in [-0.4, -0.2) is 27.0 Å². The molecule has 0 heterocycles. The van der Waals surface area contributed by atoms with E-state index < -0.39 is 0 Å². The van der Waals surface area contributed by atoms with Crippen LogP contribution in [0.1, 0.15) is 19.4 Å². The van der Waals surface area contributed by atoms with Crippen LogP contribution in [0.2, 0.25) is 0 Å². The Morgan fingerprint density at radius 1 is 1.00 bits per heavy atom. The topological polar surface area (TPSA) is 21.7 Å². The molecule has 0 aliphatic heterocycles. The SMILES string of the molecule is CCN(CC)c1cccc(C)c1Pc1ccccc1OCOC. The monoisotopic (exact) mass is 331 g/mol. The zero-order valence-corrected chi connectivity index (χ0v) is 15.4. The van der Waals surface area contributed by atoms with Crippen LogP contribution in [-0.2, 0) is 4.74 Å². The van der Waals surface area contributed by atoms with Crippen LogP contribution in [0.4, 0.5) is 5.69 Å². The molecule has 0 saturated heterocycles. The highest BCUT2D eigenvalue weighted by molar-refractivity contribution is 7.56. The molecule has 0 amide bonds.